The van der Waals surface area contributed by atoms with Gasteiger partial charge in [-0.05, 0) is 37.0 Å². The zero-order chi connectivity index (χ0) is 20.5. The first-order chi connectivity index (χ1) is 13.5. The average Bonchev–Trinajstić information content (AvgIpc) is 2.70. The Kier molecular flexibility index (Phi) is 8.18. The van der Waals surface area contributed by atoms with E-state index in [4.69, 9.17) is 0 Å². The van der Waals surface area contributed by atoms with Crippen LogP contribution in [0.3, 0.4) is 0 Å². The molecule has 0 aliphatic rings. The van der Waals surface area contributed by atoms with E-state index in [1.54, 1.807) is 23.1 Å². The average molecular weight is 384 g/mol. The number of halogens is 1. The van der Waals surface area contributed by atoms with Gasteiger partial charge in [0.05, 0.1) is 6.42 Å². The van der Waals surface area contributed by atoms with Crippen molar-refractivity contribution in [2.45, 2.75) is 58.7 Å². The summed E-state index contributed by atoms with van der Waals surface area (Å²) >= 11 is 0. The maximum atomic E-state index is 14.0. The molecule has 0 aliphatic carbocycles. The Hall–Kier alpha value is -2.69. The number of benzene rings is 2. The second-order valence-corrected chi connectivity index (χ2v) is 7.02. The van der Waals surface area contributed by atoms with Crippen LogP contribution in [0.5, 0.6) is 0 Å². The van der Waals surface area contributed by atoms with Crippen LogP contribution in [-0.2, 0) is 22.6 Å². The molecular formula is C23H29FN2O2. The zero-order valence-electron chi connectivity index (χ0n) is 16.8. The van der Waals surface area contributed by atoms with E-state index in [1.165, 1.54) is 6.07 Å². The first-order valence-electron chi connectivity index (χ1n) is 9.83. The van der Waals surface area contributed by atoms with Crippen LogP contribution >= 0.6 is 0 Å². The fourth-order valence-corrected chi connectivity index (χ4v) is 3.05. The Labute approximate surface area is 166 Å². The molecule has 5 heteroatoms. The summed E-state index contributed by atoms with van der Waals surface area (Å²) in [4.78, 5) is 27.5. The molecule has 0 heterocycles. The maximum Gasteiger partial charge on any atom is 0.243 e. The fraction of sp³-hybridized carbons (Fsp3) is 0.391. The van der Waals surface area contributed by atoms with Crippen molar-refractivity contribution in [2.24, 2.45) is 0 Å². The van der Waals surface area contributed by atoms with Gasteiger partial charge in [-0.2, -0.15) is 0 Å². The van der Waals surface area contributed by atoms with Crippen molar-refractivity contribution in [3.63, 3.8) is 0 Å². The lowest BCUT2D eigenvalue weighted by Gasteiger charge is -2.31. The molecule has 0 bridgehead atoms. The molecule has 2 aromatic carbocycles. The third-order valence-electron chi connectivity index (χ3n) is 4.88. The molecule has 2 rings (SSSR count). The molecule has 1 N–H and O–H groups in total. The summed E-state index contributed by atoms with van der Waals surface area (Å²) in [6, 6.07) is 15.2. The third kappa shape index (κ3) is 5.91. The lowest BCUT2D eigenvalue weighted by atomic mass is 10.1. The number of amides is 2. The quantitative estimate of drug-likeness (QED) is 0.708. The minimum atomic E-state index is -0.603. The van der Waals surface area contributed by atoms with Crippen LogP contribution in [0, 0.1) is 5.82 Å². The topological polar surface area (TPSA) is 49.4 Å². The lowest BCUT2D eigenvalue weighted by molar-refractivity contribution is -0.141. The molecule has 0 unspecified atom stereocenters. The molecule has 2 atom stereocenters. The van der Waals surface area contributed by atoms with Gasteiger partial charge in [-0.1, -0.05) is 62.4 Å². The van der Waals surface area contributed by atoms with Gasteiger partial charge in [0.2, 0.25) is 11.8 Å². The smallest absolute Gasteiger partial charge is 0.243 e. The van der Waals surface area contributed by atoms with Crippen LogP contribution in [0.15, 0.2) is 54.6 Å². The number of nitrogens with one attached hydrogen (secondary N) is 1. The molecule has 0 fully saturated rings. The van der Waals surface area contributed by atoms with Gasteiger partial charge >= 0.3 is 0 Å². The van der Waals surface area contributed by atoms with Gasteiger partial charge in [-0.25, -0.2) is 4.39 Å². The van der Waals surface area contributed by atoms with Gasteiger partial charge in [-0.3, -0.25) is 9.59 Å². The van der Waals surface area contributed by atoms with Crippen LogP contribution in [-0.4, -0.2) is 28.8 Å². The molecule has 0 aromatic heterocycles. The van der Waals surface area contributed by atoms with Gasteiger partial charge in [0.25, 0.3) is 0 Å². The van der Waals surface area contributed by atoms with E-state index in [1.807, 2.05) is 51.1 Å². The third-order valence-corrected chi connectivity index (χ3v) is 4.88. The SMILES string of the molecule is CC[C@H](C(=O)N[C@@H](C)CC)N(Cc1ccccc1)C(=O)Cc1ccccc1F. The number of rotatable bonds is 9. The minimum absolute atomic E-state index is 0.0294. The molecule has 0 aliphatic heterocycles. The molecule has 2 aromatic rings. The van der Waals surface area contributed by atoms with Crippen LogP contribution in [0.1, 0.15) is 44.7 Å². The molecule has 28 heavy (non-hydrogen) atoms. The van der Waals surface area contributed by atoms with Crippen molar-refractivity contribution in [1.29, 1.82) is 0 Å². The van der Waals surface area contributed by atoms with Crippen LogP contribution in [0.4, 0.5) is 4.39 Å². The predicted octanol–water partition coefficient (Wildman–Crippen LogP) is 4.09. The molecule has 150 valence electrons. The molecule has 0 spiro atoms. The van der Waals surface area contributed by atoms with Crippen LogP contribution in [0.2, 0.25) is 0 Å². The highest BCUT2D eigenvalue weighted by atomic mass is 19.1. The lowest BCUT2D eigenvalue weighted by Crippen LogP contribution is -2.51. The summed E-state index contributed by atoms with van der Waals surface area (Å²) in [6.45, 7) is 6.13. The van der Waals surface area contributed by atoms with Crippen molar-refractivity contribution in [3.8, 4) is 0 Å². The van der Waals surface area contributed by atoms with Crippen LogP contribution < -0.4 is 5.32 Å². The van der Waals surface area contributed by atoms with E-state index in [-0.39, 0.29) is 24.3 Å². The highest BCUT2D eigenvalue weighted by Crippen LogP contribution is 2.16. The predicted molar refractivity (Wildman–Crippen MR) is 109 cm³/mol. The number of hydrogen-bond acceptors (Lipinski definition) is 2. The summed E-state index contributed by atoms with van der Waals surface area (Å²) < 4.78 is 14.0. The van der Waals surface area contributed by atoms with E-state index in [0.717, 1.165) is 12.0 Å². The van der Waals surface area contributed by atoms with Gasteiger partial charge in [0.15, 0.2) is 0 Å². The first-order valence-corrected chi connectivity index (χ1v) is 9.83. The number of hydrogen-bond donors (Lipinski definition) is 1. The van der Waals surface area contributed by atoms with E-state index in [2.05, 4.69) is 5.32 Å². The summed E-state index contributed by atoms with van der Waals surface area (Å²) in [6.07, 6.45) is 1.22. The summed E-state index contributed by atoms with van der Waals surface area (Å²) in [5, 5.41) is 2.97. The highest BCUT2D eigenvalue weighted by Gasteiger charge is 2.29. The van der Waals surface area contributed by atoms with E-state index in [0.29, 0.717) is 18.5 Å². The summed E-state index contributed by atoms with van der Waals surface area (Å²) in [5.74, 6) is -0.845. The zero-order valence-corrected chi connectivity index (χ0v) is 16.8. The van der Waals surface area contributed by atoms with Crippen molar-refractivity contribution in [1.82, 2.24) is 10.2 Å². The Balaban J connectivity index is 2.27. The Bertz CT molecular complexity index is 779. The Morgan fingerprint density at radius 3 is 2.25 bits per heavy atom. The minimum Gasteiger partial charge on any atom is -0.352 e. The van der Waals surface area contributed by atoms with E-state index < -0.39 is 11.9 Å². The Morgan fingerprint density at radius 1 is 1.00 bits per heavy atom. The van der Waals surface area contributed by atoms with Crippen molar-refractivity contribution >= 4 is 11.8 Å². The molecule has 0 saturated heterocycles. The van der Waals surface area contributed by atoms with E-state index in [9.17, 15) is 14.0 Å². The normalized spacial score (nSPS) is 12.9. The summed E-state index contributed by atoms with van der Waals surface area (Å²) in [7, 11) is 0. The molecule has 2 amide bonds. The number of carbonyl (C=O) groups is 2. The van der Waals surface area contributed by atoms with Crippen molar-refractivity contribution < 1.29 is 14.0 Å². The standard InChI is InChI=1S/C23H29FN2O2/c1-4-17(3)25-23(28)21(5-2)26(16-18-11-7-6-8-12-18)22(27)15-19-13-9-10-14-20(19)24/h6-14,17,21H,4-5,15-16H2,1-3H3,(H,25,28)/t17-,21+/m0/s1. The number of carbonyl (C=O) groups excluding carboxylic acids is 2. The second-order valence-electron chi connectivity index (χ2n) is 7.02. The molecule has 0 radical (unpaired) electrons. The molecular weight excluding hydrogens is 355 g/mol. The first kappa shape index (κ1) is 21.6. The highest BCUT2D eigenvalue weighted by molar-refractivity contribution is 5.88. The largest absolute Gasteiger partial charge is 0.352 e. The van der Waals surface area contributed by atoms with Gasteiger partial charge in [-0.15, -0.1) is 0 Å². The van der Waals surface area contributed by atoms with Crippen LogP contribution in [0.25, 0.3) is 0 Å². The molecule has 4 nitrogen and oxygen atoms in total. The fourth-order valence-electron chi connectivity index (χ4n) is 3.05. The van der Waals surface area contributed by atoms with E-state index >= 15 is 0 Å². The van der Waals surface area contributed by atoms with Gasteiger partial charge < -0.3 is 10.2 Å². The summed E-state index contributed by atoms with van der Waals surface area (Å²) in [5.41, 5.74) is 1.27. The van der Waals surface area contributed by atoms with Crippen molar-refractivity contribution in [3.05, 3.63) is 71.5 Å². The van der Waals surface area contributed by atoms with Gasteiger partial charge in [0, 0.05) is 12.6 Å². The monoisotopic (exact) mass is 384 g/mol. The number of nitrogens with zero attached hydrogens (tertiary/aromatic N) is 1. The Morgan fingerprint density at radius 2 is 1.64 bits per heavy atom. The molecule has 0 saturated carbocycles. The van der Waals surface area contributed by atoms with Gasteiger partial charge in [0.1, 0.15) is 11.9 Å². The maximum absolute atomic E-state index is 14.0. The van der Waals surface area contributed by atoms with Crippen molar-refractivity contribution in [2.75, 3.05) is 0 Å². The second kappa shape index (κ2) is 10.6.